The third-order valence-corrected chi connectivity index (χ3v) is 5.78. The van der Waals surface area contributed by atoms with E-state index < -0.39 is 0 Å². The number of nitrogens with zero attached hydrogens (tertiary/aromatic N) is 6. The Balaban J connectivity index is 1.32. The number of aryl methyl sites for hydroxylation is 1. The average Bonchev–Trinajstić information content (AvgIpc) is 3.51. The second kappa shape index (κ2) is 7.29. The number of H-pyrrole nitrogens is 2. The molecule has 1 aliphatic heterocycles. The minimum Gasteiger partial charge on any atom is -0.379 e. The molecule has 4 heterocycles. The van der Waals surface area contributed by atoms with E-state index in [0.29, 0.717) is 5.82 Å². The largest absolute Gasteiger partial charge is 0.379 e. The Labute approximate surface area is 178 Å². The Morgan fingerprint density at radius 3 is 2.77 bits per heavy atom. The minimum atomic E-state index is 0.596. The molecule has 31 heavy (non-hydrogen) atoms. The van der Waals surface area contributed by atoms with E-state index >= 15 is 0 Å². The van der Waals surface area contributed by atoms with Gasteiger partial charge >= 0.3 is 0 Å². The molecule has 2 N–H and O–H groups in total. The Morgan fingerprint density at radius 1 is 1.03 bits per heavy atom. The third kappa shape index (κ3) is 3.37. The fraction of sp³-hybridized carbons (Fsp3) is 0.273. The van der Waals surface area contributed by atoms with Crippen molar-refractivity contribution in [1.29, 1.82) is 0 Å². The predicted octanol–water partition coefficient (Wildman–Crippen LogP) is 2.73. The van der Waals surface area contributed by atoms with E-state index in [1.54, 1.807) is 7.05 Å². The summed E-state index contributed by atoms with van der Waals surface area (Å²) < 4.78 is 5.45. The number of rotatable bonds is 4. The second-order valence-electron chi connectivity index (χ2n) is 7.93. The summed E-state index contributed by atoms with van der Waals surface area (Å²) in [6.07, 6.45) is 0. The van der Waals surface area contributed by atoms with Crippen LogP contribution >= 0.6 is 0 Å². The number of tetrazole rings is 1. The molecule has 0 radical (unpaired) electrons. The molecule has 0 aliphatic carbocycles. The van der Waals surface area contributed by atoms with Crippen molar-refractivity contribution in [2.75, 3.05) is 26.3 Å². The molecule has 0 saturated carbocycles. The lowest BCUT2D eigenvalue weighted by molar-refractivity contribution is 0.0342. The van der Waals surface area contributed by atoms with Crippen LogP contribution in [0.25, 0.3) is 44.6 Å². The summed E-state index contributed by atoms with van der Waals surface area (Å²) in [5.41, 5.74) is 6.16. The van der Waals surface area contributed by atoms with Gasteiger partial charge in [0, 0.05) is 41.5 Å². The quantitative estimate of drug-likeness (QED) is 0.469. The van der Waals surface area contributed by atoms with Crippen molar-refractivity contribution in [2.24, 2.45) is 7.05 Å². The highest BCUT2D eigenvalue weighted by Gasteiger charge is 2.15. The zero-order valence-electron chi connectivity index (χ0n) is 17.2. The molecule has 9 nitrogen and oxygen atoms in total. The van der Waals surface area contributed by atoms with E-state index in [4.69, 9.17) is 4.74 Å². The van der Waals surface area contributed by atoms with Crippen molar-refractivity contribution in [3.63, 3.8) is 0 Å². The number of benzene rings is 2. The molecule has 0 spiro atoms. The molecule has 156 valence electrons. The minimum absolute atomic E-state index is 0.596. The van der Waals surface area contributed by atoms with E-state index in [0.717, 1.165) is 66.2 Å². The van der Waals surface area contributed by atoms with Gasteiger partial charge in [-0.1, -0.05) is 12.1 Å². The van der Waals surface area contributed by atoms with Crippen LogP contribution in [0.1, 0.15) is 5.56 Å². The summed E-state index contributed by atoms with van der Waals surface area (Å²) in [5.74, 6) is 0.596. The van der Waals surface area contributed by atoms with E-state index in [2.05, 4.69) is 65.8 Å². The molecule has 0 amide bonds. The summed E-state index contributed by atoms with van der Waals surface area (Å²) in [6, 6.07) is 14.8. The van der Waals surface area contributed by atoms with E-state index in [1.165, 1.54) is 15.7 Å². The fourth-order valence-corrected chi connectivity index (χ4v) is 4.19. The average molecular weight is 414 g/mol. The third-order valence-electron chi connectivity index (χ3n) is 5.78. The maximum Gasteiger partial charge on any atom is 0.204 e. The normalized spacial score (nSPS) is 15.3. The first kappa shape index (κ1) is 18.2. The molecular weight excluding hydrogens is 392 g/mol. The van der Waals surface area contributed by atoms with Gasteiger partial charge in [0.2, 0.25) is 5.82 Å². The van der Waals surface area contributed by atoms with Crippen molar-refractivity contribution < 1.29 is 4.74 Å². The van der Waals surface area contributed by atoms with E-state index in [1.807, 2.05) is 12.1 Å². The van der Waals surface area contributed by atoms with Gasteiger partial charge in [-0.25, -0.2) is 0 Å². The monoisotopic (exact) mass is 414 g/mol. The summed E-state index contributed by atoms with van der Waals surface area (Å²) >= 11 is 0. The molecular formula is C22H22N8O. The number of hydrogen-bond acceptors (Lipinski definition) is 6. The van der Waals surface area contributed by atoms with Gasteiger partial charge in [-0.3, -0.25) is 10.00 Å². The highest BCUT2D eigenvalue weighted by atomic mass is 16.5. The molecule has 0 bridgehead atoms. The van der Waals surface area contributed by atoms with Gasteiger partial charge in [-0.05, 0) is 41.1 Å². The molecule has 1 fully saturated rings. The van der Waals surface area contributed by atoms with Gasteiger partial charge in [0.1, 0.15) is 5.69 Å². The maximum atomic E-state index is 5.45. The zero-order chi connectivity index (χ0) is 20.8. The standard InChI is InChI=1S/C22H22N8O/c1-29-27-22(26-28-29)15-3-4-17-19(11-15)24-25-21(17)20-12-16-10-14(2-5-18(16)23-20)13-30-6-8-31-9-7-30/h2-5,10-12,23H,6-9,13H2,1H3,(H,24,25). The Morgan fingerprint density at radius 2 is 1.94 bits per heavy atom. The molecule has 3 aromatic heterocycles. The second-order valence-corrected chi connectivity index (χ2v) is 7.93. The van der Waals surface area contributed by atoms with Crippen LogP contribution in [0.4, 0.5) is 0 Å². The van der Waals surface area contributed by atoms with Gasteiger partial charge in [0.05, 0.1) is 31.5 Å². The van der Waals surface area contributed by atoms with E-state index in [-0.39, 0.29) is 0 Å². The van der Waals surface area contributed by atoms with Crippen molar-refractivity contribution >= 4 is 21.8 Å². The maximum absolute atomic E-state index is 5.45. The highest BCUT2D eigenvalue weighted by Crippen LogP contribution is 2.31. The lowest BCUT2D eigenvalue weighted by atomic mass is 10.1. The molecule has 0 unspecified atom stereocenters. The Bertz CT molecular complexity index is 1370. The summed E-state index contributed by atoms with van der Waals surface area (Å²) in [7, 11) is 1.76. The van der Waals surface area contributed by atoms with Crippen LogP contribution in [0.15, 0.2) is 42.5 Å². The summed E-state index contributed by atoms with van der Waals surface area (Å²) in [6.45, 7) is 4.56. The Hall–Kier alpha value is -3.56. The number of morpholine rings is 1. The number of fused-ring (bicyclic) bond motifs is 2. The molecule has 1 saturated heterocycles. The molecule has 2 aromatic carbocycles. The van der Waals surface area contributed by atoms with Crippen molar-refractivity contribution in [3.8, 4) is 22.8 Å². The van der Waals surface area contributed by atoms with Gasteiger partial charge in [-0.15, -0.1) is 10.2 Å². The zero-order valence-corrected chi connectivity index (χ0v) is 17.2. The molecule has 6 rings (SSSR count). The Kier molecular flexibility index (Phi) is 4.29. The first-order valence-electron chi connectivity index (χ1n) is 10.4. The van der Waals surface area contributed by atoms with Gasteiger partial charge < -0.3 is 9.72 Å². The number of aromatic nitrogens is 7. The van der Waals surface area contributed by atoms with Crippen LogP contribution in [-0.2, 0) is 18.3 Å². The number of aromatic amines is 2. The van der Waals surface area contributed by atoms with Crippen LogP contribution in [-0.4, -0.2) is 66.6 Å². The van der Waals surface area contributed by atoms with Crippen molar-refractivity contribution in [1.82, 2.24) is 40.3 Å². The number of hydrogen-bond donors (Lipinski definition) is 2. The van der Waals surface area contributed by atoms with Crippen LogP contribution in [0.5, 0.6) is 0 Å². The van der Waals surface area contributed by atoms with Crippen LogP contribution in [0, 0.1) is 0 Å². The van der Waals surface area contributed by atoms with Gasteiger partial charge in [0.15, 0.2) is 0 Å². The highest BCUT2D eigenvalue weighted by molar-refractivity contribution is 5.97. The molecule has 9 heteroatoms. The first-order valence-corrected chi connectivity index (χ1v) is 10.4. The van der Waals surface area contributed by atoms with Crippen LogP contribution in [0.2, 0.25) is 0 Å². The SMILES string of the molecule is Cn1nnc(-c2ccc3c(-c4cc5cc(CN6CCOCC6)ccc5[nH]4)n[nH]c3c2)n1. The van der Waals surface area contributed by atoms with Crippen molar-refractivity contribution in [3.05, 3.63) is 48.0 Å². The fourth-order valence-electron chi connectivity index (χ4n) is 4.19. The lowest BCUT2D eigenvalue weighted by Crippen LogP contribution is -2.35. The lowest BCUT2D eigenvalue weighted by Gasteiger charge is -2.26. The van der Waals surface area contributed by atoms with Crippen LogP contribution < -0.4 is 0 Å². The summed E-state index contributed by atoms with van der Waals surface area (Å²) in [4.78, 5) is 7.40. The smallest absolute Gasteiger partial charge is 0.204 e. The molecule has 1 aliphatic rings. The predicted molar refractivity (Wildman–Crippen MR) is 117 cm³/mol. The summed E-state index contributed by atoms with van der Waals surface area (Å²) in [5, 5.41) is 22.2. The molecule has 0 atom stereocenters. The van der Waals surface area contributed by atoms with Crippen molar-refractivity contribution in [2.45, 2.75) is 6.54 Å². The van der Waals surface area contributed by atoms with E-state index in [9.17, 15) is 0 Å². The number of nitrogens with one attached hydrogen (secondary N) is 2. The van der Waals surface area contributed by atoms with Crippen LogP contribution in [0.3, 0.4) is 0 Å². The number of ether oxygens (including phenoxy) is 1. The topological polar surface area (TPSA) is 101 Å². The van der Waals surface area contributed by atoms with Gasteiger partial charge in [0.25, 0.3) is 0 Å². The molecule has 5 aromatic rings. The van der Waals surface area contributed by atoms with Gasteiger partial charge in [-0.2, -0.15) is 9.90 Å². The first-order chi connectivity index (χ1) is 15.2.